The lowest BCUT2D eigenvalue weighted by atomic mass is 10.1. The standard InChI is InChI=1S/C25H36N6O5/c1-17-6-7-20(14-18(17)2)36-16-19(32)15-31-21-22(28(3)25(34)29(4)23(21)33)27-24(31)26-8-5-9-30-10-12-35-13-11-30/h6-7,14,19,32H,5,8-13,15-16H2,1-4H3,(H,26,27)/t19-/m1/s1. The van der Waals surface area contributed by atoms with E-state index in [1.54, 1.807) is 11.6 Å². The molecule has 0 saturated carbocycles. The summed E-state index contributed by atoms with van der Waals surface area (Å²) in [6.45, 7) is 9.06. The Morgan fingerprint density at radius 2 is 1.89 bits per heavy atom. The first kappa shape index (κ1) is 25.9. The van der Waals surface area contributed by atoms with Crippen molar-refractivity contribution in [2.24, 2.45) is 14.1 Å². The summed E-state index contributed by atoms with van der Waals surface area (Å²) in [7, 11) is 3.03. The number of nitrogens with one attached hydrogen (secondary N) is 1. The van der Waals surface area contributed by atoms with E-state index < -0.39 is 17.4 Å². The third-order valence-corrected chi connectivity index (χ3v) is 6.70. The van der Waals surface area contributed by atoms with Crippen LogP contribution in [0.3, 0.4) is 0 Å². The summed E-state index contributed by atoms with van der Waals surface area (Å²) < 4.78 is 15.3. The molecular weight excluding hydrogens is 464 g/mol. The minimum atomic E-state index is -0.903. The van der Waals surface area contributed by atoms with Crippen molar-refractivity contribution < 1.29 is 14.6 Å². The summed E-state index contributed by atoms with van der Waals surface area (Å²) in [4.78, 5) is 32.4. The normalized spacial score (nSPS) is 15.4. The van der Waals surface area contributed by atoms with E-state index in [0.29, 0.717) is 18.2 Å². The van der Waals surface area contributed by atoms with Crippen molar-refractivity contribution in [1.82, 2.24) is 23.6 Å². The Bertz CT molecular complexity index is 1320. The third kappa shape index (κ3) is 5.63. The zero-order valence-electron chi connectivity index (χ0n) is 21.5. The smallest absolute Gasteiger partial charge is 0.332 e. The lowest BCUT2D eigenvalue weighted by Crippen LogP contribution is -2.38. The Balaban J connectivity index is 1.52. The van der Waals surface area contributed by atoms with E-state index in [9.17, 15) is 14.7 Å². The lowest BCUT2D eigenvalue weighted by Gasteiger charge is -2.26. The maximum atomic E-state index is 13.0. The molecule has 0 bridgehead atoms. The number of fused-ring (bicyclic) bond motifs is 1. The van der Waals surface area contributed by atoms with Crippen LogP contribution in [0.4, 0.5) is 5.95 Å². The summed E-state index contributed by atoms with van der Waals surface area (Å²) in [6, 6.07) is 5.78. The van der Waals surface area contributed by atoms with E-state index in [-0.39, 0.29) is 24.3 Å². The summed E-state index contributed by atoms with van der Waals surface area (Å²) in [5, 5.41) is 14.1. The fraction of sp³-hybridized carbons (Fsp3) is 0.560. The highest BCUT2D eigenvalue weighted by atomic mass is 16.5. The van der Waals surface area contributed by atoms with Crippen LogP contribution in [0.25, 0.3) is 11.2 Å². The number of anilines is 1. The van der Waals surface area contributed by atoms with Gasteiger partial charge in [-0.1, -0.05) is 6.07 Å². The van der Waals surface area contributed by atoms with E-state index in [2.05, 4.69) is 15.2 Å². The molecule has 4 rings (SSSR count). The topological polar surface area (TPSA) is 116 Å². The van der Waals surface area contributed by atoms with Crippen molar-refractivity contribution in [3.05, 3.63) is 50.2 Å². The molecule has 3 heterocycles. The molecule has 0 aliphatic carbocycles. The molecule has 0 amide bonds. The minimum Gasteiger partial charge on any atom is -0.491 e. The van der Waals surface area contributed by atoms with Gasteiger partial charge in [-0.3, -0.25) is 18.8 Å². The Labute approximate surface area is 209 Å². The number of aliphatic hydroxyl groups is 1. The molecule has 2 N–H and O–H groups in total. The maximum absolute atomic E-state index is 13.0. The number of hydrogen-bond acceptors (Lipinski definition) is 8. The number of hydrogen-bond donors (Lipinski definition) is 2. The van der Waals surface area contributed by atoms with Crippen LogP contribution in [0, 0.1) is 13.8 Å². The van der Waals surface area contributed by atoms with E-state index in [1.807, 2.05) is 32.0 Å². The number of benzene rings is 1. The van der Waals surface area contributed by atoms with Gasteiger partial charge in [0.05, 0.1) is 19.8 Å². The van der Waals surface area contributed by atoms with Crippen LogP contribution in [0.15, 0.2) is 27.8 Å². The third-order valence-electron chi connectivity index (χ3n) is 6.70. The number of rotatable bonds is 10. The second kappa shape index (κ2) is 11.3. The monoisotopic (exact) mass is 500 g/mol. The van der Waals surface area contributed by atoms with Gasteiger partial charge < -0.3 is 24.5 Å². The fourth-order valence-electron chi connectivity index (χ4n) is 4.35. The van der Waals surface area contributed by atoms with Crippen molar-refractivity contribution >= 4 is 17.1 Å². The predicted octanol–water partition coefficient (Wildman–Crippen LogP) is 0.625. The molecule has 1 aliphatic heterocycles. The van der Waals surface area contributed by atoms with Crippen molar-refractivity contribution in [3.63, 3.8) is 0 Å². The quantitative estimate of drug-likeness (QED) is 0.390. The molecule has 2 aromatic heterocycles. The number of imidazole rings is 1. The van der Waals surface area contributed by atoms with Crippen LogP contribution in [0.1, 0.15) is 17.5 Å². The first-order valence-corrected chi connectivity index (χ1v) is 12.3. The number of morpholine rings is 1. The lowest BCUT2D eigenvalue weighted by molar-refractivity contribution is 0.0378. The van der Waals surface area contributed by atoms with Gasteiger partial charge >= 0.3 is 5.69 Å². The largest absolute Gasteiger partial charge is 0.491 e. The molecule has 11 nitrogen and oxygen atoms in total. The maximum Gasteiger partial charge on any atom is 0.332 e. The van der Waals surface area contributed by atoms with Gasteiger partial charge in [0.2, 0.25) is 5.95 Å². The van der Waals surface area contributed by atoms with E-state index in [4.69, 9.17) is 9.47 Å². The molecule has 1 aromatic carbocycles. The molecule has 196 valence electrons. The second-order valence-corrected chi connectivity index (χ2v) is 9.37. The van der Waals surface area contributed by atoms with Crippen molar-refractivity contribution in [2.75, 3.05) is 51.3 Å². The molecule has 36 heavy (non-hydrogen) atoms. The average Bonchev–Trinajstić information content (AvgIpc) is 3.23. The Hall–Kier alpha value is -3.15. The molecule has 1 atom stereocenters. The van der Waals surface area contributed by atoms with E-state index in [0.717, 1.165) is 49.4 Å². The van der Waals surface area contributed by atoms with E-state index >= 15 is 0 Å². The van der Waals surface area contributed by atoms with Crippen LogP contribution in [-0.4, -0.2) is 80.8 Å². The highest BCUT2D eigenvalue weighted by Crippen LogP contribution is 2.19. The summed E-state index contributed by atoms with van der Waals surface area (Å²) >= 11 is 0. The number of aromatic nitrogens is 4. The molecule has 0 unspecified atom stereocenters. The molecule has 1 aliphatic rings. The van der Waals surface area contributed by atoms with Gasteiger partial charge in [-0.25, -0.2) is 4.79 Å². The highest BCUT2D eigenvalue weighted by Gasteiger charge is 2.21. The number of aryl methyl sites for hydroxylation is 3. The Kier molecular flexibility index (Phi) is 8.12. The summed E-state index contributed by atoms with van der Waals surface area (Å²) in [5.74, 6) is 1.11. The van der Waals surface area contributed by atoms with Crippen molar-refractivity contribution in [2.45, 2.75) is 32.9 Å². The average molecular weight is 501 g/mol. The van der Waals surface area contributed by atoms with Gasteiger partial charge in [0.15, 0.2) is 11.2 Å². The predicted molar refractivity (Wildman–Crippen MR) is 138 cm³/mol. The first-order valence-electron chi connectivity index (χ1n) is 12.3. The molecule has 1 fully saturated rings. The van der Waals surface area contributed by atoms with Crippen molar-refractivity contribution in [1.29, 1.82) is 0 Å². The molecule has 11 heteroatoms. The molecule has 0 spiro atoms. The van der Waals surface area contributed by atoms with Gasteiger partial charge in [0.25, 0.3) is 5.56 Å². The van der Waals surface area contributed by atoms with Crippen LogP contribution < -0.4 is 21.3 Å². The highest BCUT2D eigenvalue weighted by molar-refractivity contribution is 5.74. The van der Waals surface area contributed by atoms with Gasteiger partial charge in [0.1, 0.15) is 18.5 Å². The number of aliphatic hydroxyl groups excluding tert-OH is 1. The van der Waals surface area contributed by atoms with E-state index in [1.165, 1.54) is 17.2 Å². The van der Waals surface area contributed by atoms with Gasteiger partial charge in [-0.05, 0) is 50.1 Å². The van der Waals surface area contributed by atoms with Crippen LogP contribution in [-0.2, 0) is 25.4 Å². The summed E-state index contributed by atoms with van der Waals surface area (Å²) in [6.07, 6.45) is -0.0293. The van der Waals surface area contributed by atoms with Gasteiger partial charge in [-0.2, -0.15) is 4.98 Å². The minimum absolute atomic E-state index is 0.0464. The van der Waals surface area contributed by atoms with Gasteiger partial charge in [0, 0.05) is 33.7 Å². The molecule has 0 radical (unpaired) electrons. The zero-order chi connectivity index (χ0) is 25.8. The SMILES string of the molecule is Cc1ccc(OC[C@H](O)Cn2c(NCCCN3CCOCC3)nc3c2c(=O)n(C)c(=O)n3C)cc1C. The number of nitrogens with zero attached hydrogens (tertiary/aromatic N) is 5. The Morgan fingerprint density at radius 1 is 1.14 bits per heavy atom. The summed E-state index contributed by atoms with van der Waals surface area (Å²) in [5.41, 5.74) is 1.91. The fourth-order valence-corrected chi connectivity index (χ4v) is 4.35. The van der Waals surface area contributed by atoms with Crippen LogP contribution in [0.2, 0.25) is 0 Å². The second-order valence-electron chi connectivity index (χ2n) is 9.37. The zero-order valence-corrected chi connectivity index (χ0v) is 21.5. The Morgan fingerprint density at radius 3 is 2.61 bits per heavy atom. The first-order chi connectivity index (χ1) is 17.3. The van der Waals surface area contributed by atoms with Crippen LogP contribution in [0.5, 0.6) is 5.75 Å². The molecular formula is C25H36N6O5. The molecule has 1 saturated heterocycles. The number of ether oxygens (including phenoxy) is 2. The molecule has 3 aromatic rings. The van der Waals surface area contributed by atoms with Crippen molar-refractivity contribution in [3.8, 4) is 5.75 Å². The van der Waals surface area contributed by atoms with Gasteiger partial charge in [-0.15, -0.1) is 0 Å². The van der Waals surface area contributed by atoms with Crippen LogP contribution >= 0.6 is 0 Å².